The summed E-state index contributed by atoms with van der Waals surface area (Å²) in [7, 11) is 74.7. The lowest BCUT2D eigenvalue weighted by molar-refractivity contribution is 0.565. The van der Waals surface area contributed by atoms with Crippen LogP contribution in [-0.4, -0.2) is 9.38 Å². The summed E-state index contributed by atoms with van der Waals surface area (Å²) in [6.45, 7) is 6.85. The van der Waals surface area contributed by atoms with E-state index in [-0.39, 0.29) is 5.41 Å². The van der Waals surface area contributed by atoms with Gasteiger partial charge in [0.25, 0.3) is 0 Å². The first kappa shape index (κ1) is 73.2. The maximum absolute atomic E-state index is 5.01. The van der Waals surface area contributed by atoms with Gasteiger partial charge in [-0.25, -0.2) is 4.98 Å². The third kappa shape index (κ3) is 32.7. The van der Waals surface area contributed by atoms with E-state index in [1.54, 1.807) is 107 Å². The quantitative estimate of drug-likeness (QED) is 0.180. The van der Waals surface area contributed by atoms with E-state index in [0.717, 1.165) is 26.9 Å². The molecule has 5 aromatic rings. The van der Waals surface area contributed by atoms with Crippen LogP contribution in [0.4, 0.5) is 0 Å². The van der Waals surface area contributed by atoms with E-state index in [9.17, 15) is 0 Å². The number of benzene rings is 3. The van der Waals surface area contributed by atoms with Crippen molar-refractivity contribution in [2.24, 2.45) is 0 Å². The molecule has 0 saturated heterocycles. The molecule has 0 bridgehead atoms. The Bertz CT molecular complexity index is 4740. The van der Waals surface area contributed by atoms with Gasteiger partial charge in [0, 0.05) is 423 Å². The van der Waals surface area contributed by atoms with Gasteiger partial charge in [0.2, 0.25) is 0 Å². The lowest BCUT2D eigenvalue weighted by Crippen LogP contribution is -2.19. The molecule has 74 heavy (non-hydrogen) atoms. The van der Waals surface area contributed by atoms with Crippen LogP contribution in [0.15, 0.2) is 89.5 Å². The monoisotopic (exact) mass is 1860 g/mol. The highest BCUT2D eigenvalue weighted by molar-refractivity contribution is 9.10. The zero-order chi connectivity index (χ0) is 52.6. The lowest BCUT2D eigenvalue weighted by atomic mass is 9.83. The molecule has 0 spiro atoms. The molecule has 0 saturated carbocycles. The second-order valence-electron chi connectivity index (χ2n) is 11.5. The average Bonchev–Trinajstić information content (AvgIpc) is 3.76. The molecule has 0 N–H and O–H groups in total. The van der Waals surface area contributed by atoms with Crippen molar-refractivity contribution in [3.63, 3.8) is 0 Å². The van der Waals surface area contributed by atoms with Crippen LogP contribution >= 0.6 is 15.9 Å². The van der Waals surface area contributed by atoms with Crippen molar-refractivity contribution in [2.45, 2.75) is 26.2 Å². The zero-order valence-electron chi connectivity index (χ0n) is 35.3. The molecule has 3 aromatic carbocycles. The van der Waals surface area contributed by atoms with Gasteiger partial charge in [-0.05, 0) is 26.9 Å². The van der Waals surface area contributed by atoms with E-state index in [4.69, 9.17) is 27.4 Å². The molecule has 0 aliphatic heterocycles. The van der Waals surface area contributed by atoms with Crippen LogP contribution in [0.25, 0.3) is 38.8 Å². The highest BCUT2D eigenvalue weighted by atomic mass is 79.9. The summed E-state index contributed by atoms with van der Waals surface area (Å²) in [6, 6.07) is 29.8. The van der Waals surface area contributed by atoms with Gasteiger partial charge in [-0.2, -0.15) is 0 Å². The van der Waals surface area contributed by atoms with Crippen LogP contribution in [0.5, 0.6) is 0 Å². The number of pyridine rings is 1. The Morgan fingerprint density at radius 2 is 0.608 bits per heavy atom. The number of fused-ring (bicyclic) bond motifs is 3. The van der Waals surface area contributed by atoms with Gasteiger partial charge in [-0.1, -0.05) is 106 Å². The molecule has 47 heteroatoms. The van der Waals surface area contributed by atoms with Crippen molar-refractivity contribution in [1.29, 1.82) is 0 Å². The van der Waals surface area contributed by atoms with Gasteiger partial charge in [-0.15, -0.1) is 0 Å². The minimum Gasteiger partial charge on any atom is -0.294 e. The highest BCUT2D eigenvalue weighted by Crippen LogP contribution is 2.43. The molecular weight excluding hydrogens is 1840 g/mol. The first-order valence-electron chi connectivity index (χ1n) is 17.4. The molecule has 5 rings (SSSR count). The molecule has 2 aromatic heterocycles. The van der Waals surface area contributed by atoms with E-state index in [1.807, 2.05) is 249 Å². The number of halogens is 1. The van der Waals surface area contributed by atoms with E-state index < -0.39 is 0 Å². The molecular formula is C27H23BrN2S44. The van der Waals surface area contributed by atoms with Crippen molar-refractivity contribution in [1.82, 2.24) is 9.38 Å². The first-order valence-corrected chi connectivity index (χ1v) is 75.5. The molecule has 0 atom stereocenters. The van der Waals surface area contributed by atoms with Crippen LogP contribution in [0.2, 0.25) is 0 Å². The van der Waals surface area contributed by atoms with Gasteiger partial charge >= 0.3 is 0 Å². The molecule has 0 aliphatic rings. The molecule has 2 nitrogen and oxygen atoms in total. The third-order valence-corrected chi connectivity index (χ3v) is 98.4. The van der Waals surface area contributed by atoms with Crippen molar-refractivity contribution in [2.75, 3.05) is 0 Å². The number of imidazole rings is 1. The highest BCUT2D eigenvalue weighted by Gasteiger charge is 2.28. The summed E-state index contributed by atoms with van der Waals surface area (Å²) in [4.78, 5) is 5.01. The summed E-state index contributed by atoms with van der Waals surface area (Å²) in [5.41, 5.74) is 6.89. The first-order chi connectivity index (χ1) is 36.4. The fraction of sp³-hybridized carbons (Fsp3) is 0.148. The van der Waals surface area contributed by atoms with Gasteiger partial charge in [-0.3, -0.25) is 4.40 Å². The Kier molecular flexibility index (Phi) is 49.2. The summed E-state index contributed by atoms with van der Waals surface area (Å²) in [5.74, 6) is 0. The predicted molar refractivity (Wildman–Crippen MR) is 454 cm³/mol. The maximum atomic E-state index is 5.01. The van der Waals surface area contributed by atoms with Gasteiger partial charge in [0.15, 0.2) is 0 Å². The van der Waals surface area contributed by atoms with Crippen molar-refractivity contribution >= 4 is 428 Å². The SMILES string of the molecule is CC(C)(C)c1c(-c2ccccc2)c2ccccc2c2nc(Br)c(-c3ccccc3)n12.S=S=S=S=S=S=S=S=S=S=S=S=S=S=S=S=S=S=S=S=S=S=S=S=S=S=S=S=S=S=S=S=S=S=S=S=S=S=S=S=S=S=S=S. The minimum absolute atomic E-state index is 0.100. The largest absolute Gasteiger partial charge is 0.294 e. The van der Waals surface area contributed by atoms with Crippen LogP contribution in [0.1, 0.15) is 26.5 Å². The smallest absolute Gasteiger partial charge is 0.146 e. The van der Waals surface area contributed by atoms with Crippen LogP contribution in [-0.2, 0) is 401 Å². The van der Waals surface area contributed by atoms with Crippen molar-refractivity contribution < 1.29 is 0 Å². The molecule has 0 unspecified atom stereocenters. The standard InChI is InChI=1S/C27H23BrN2.S44/c1-27(2,3)24-22(18-12-6-4-7-13-18)20-16-10-11-17-21(20)26-29-25(28)23(30(24)26)19-14-8-5-9-15-19;1-3-5-7-9-11-13-15-17-19-21-23-25-27-29-31-33-35-37-39-41-43-44-42-40-38-36-34-32-30-28-26-24-22-20-18-16-14-12-10-8-6-4-2/h4-17H,1-3H3;. The maximum Gasteiger partial charge on any atom is 0.146 e. The molecule has 0 fully saturated rings. The molecule has 0 radical (unpaired) electrons. The Morgan fingerprint density at radius 1 is 0.351 bits per heavy atom. The fourth-order valence-electron chi connectivity index (χ4n) is 4.83. The normalized spacial score (nSPS) is 9.46. The van der Waals surface area contributed by atoms with Crippen molar-refractivity contribution in [3.8, 4) is 22.4 Å². The Morgan fingerprint density at radius 3 is 0.892 bits per heavy atom. The van der Waals surface area contributed by atoms with E-state index in [1.165, 1.54) is 40.0 Å². The Labute approximate surface area is 567 Å². The Balaban J connectivity index is 0.000000340. The van der Waals surface area contributed by atoms with Gasteiger partial charge in [0.05, 0.1) is 5.69 Å². The number of rotatable bonds is 2. The summed E-state index contributed by atoms with van der Waals surface area (Å²) in [6.07, 6.45) is 0. The van der Waals surface area contributed by atoms with E-state index in [2.05, 4.69) is 126 Å². The lowest BCUT2D eigenvalue weighted by Gasteiger charge is -2.27. The second-order valence-corrected chi connectivity index (χ2v) is 86.6. The summed E-state index contributed by atoms with van der Waals surface area (Å²) < 4.78 is 3.24. The predicted octanol–water partition coefficient (Wildman–Crippen LogP) is 7.78. The third-order valence-electron chi connectivity index (χ3n) is 6.69. The summed E-state index contributed by atoms with van der Waals surface area (Å²) >= 11 is 13.4. The van der Waals surface area contributed by atoms with Crippen LogP contribution < -0.4 is 0 Å². The van der Waals surface area contributed by atoms with E-state index in [0.29, 0.717) is 0 Å². The number of nitrogens with zero attached hydrogens (tertiary/aromatic N) is 2. The van der Waals surface area contributed by atoms with Gasteiger partial charge < -0.3 is 0 Å². The van der Waals surface area contributed by atoms with Crippen molar-refractivity contribution in [3.05, 3.63) is 95.2 Å². The average molecular weight is 1870 g/mol. The fourth-order valence-corrected chi connectivity index (χ4v) is 115. The molecule has 0 amide bonds. The Hall–Kier alpha value is 6.77. The molecule has 412 valence electrons. The van der Waals surface area contributed by atoms with E-state index >= 15 is 0 Å². The molecule has 0 aliphatic carbocycles. The van der Waals surface area contributed by atoms with Crippen LogP contribution in [0, 0.1) is 0 Å². The molecule has 2 heterocycles. The second kappa shape index (κ2) is 49.7. The number of aromatic nitrogens is 2. The zero-order valence-corrected chi connectivity index (χ0v) is 72.8. The minimum atomic E-state index is -0.100. The van der Waals surface area contributed by atoms with Crippen LogP contribution in [0.3, 0.4) is 0 Å². The number of hydrogen-bond acceptors (Lipinski definition) is 3. The topological polar surface area (TPSA) is 17.3 Å². The number of hydrogen-bond donors (Lipinski definition) is 0. The summed E-state index contributed by atoms with van der Waals surface area (Å²) in [5, 5.41) is 2.39. The van der Waals surface area contributed by atoms with Gasteiger partial charge in [0.1, 0.15) is 10.3 Å².